The van der Waals surface area contributed by atoms with Crippen molar-refractivity contribution in [2.45, 2.75) is 13.8 Å². The first-order valence-corrected chi connectivity index (χ1v) is 8.46. The Bertz CT molecular complexity index is 761. The third-order valence-electron chi connectivity index (χ3n) is 3.28. The van der Waals surface area contributed by atoms with Gasteiger partial charge in [0.25, 0.3) is 5.91 Å². The predicted molar refractivity (Wildman–Crippen MR) is 92.1 cm³/mol. The number of carbonyl (C=O) groups is 1. The maximum atomic E-state index is 12.2. The summed E-state index contributed by atoms with van der Waals surface area (Å²) in [6.07, 6.45) is 1.96. The van der Waals surface area contributed by atoms with Crippen LogP contribution in [0.25, 0.3) is 11.6 Å². The topological polar surface area (TPSA) is 29.1 Å². The molecule has 3 rings (SSSR count). The van der Waals surface area contributed by atoms with Gasteiger partial charge in [-0.15, -0.1) is 11.3 Å². The molecule has 0 spiro atoms. The van der Waals surface area contributed by atoms with Crippen LogP contribution in [0, 0.1) is 13.8 Å². The minimum absolute atomic E-state index is 0.0482. The zero-order valence-electron chi connectivity index (χ0n) is 10.9. The highest BCUT2D eigenvalue weighted by Gasteiger charge is 2.29. The van der Waals surface area contributed by atoms with Gasteiger partial charge in [0.2, 0.25) is 0 Å². The van der Waals surface area contributed by atoms with Gasteiger partial charge in [-0.2, -0.15) is 0 Å². The van der Waals surface area contributed by atoms with E-state index >= 15 is 0 Å². The summed E-state index contributed by atoms with van der Waals surface area (Å²) in [6.45, 7) is 4.08. The largest absolute Gasteiger partial charge is 0.320 e. The van der Waals surface area contributed by atoms with Gasteiger partial charge < -0.3 is 5.32 Å². The van der Waals surface area contributed by atoms with Crippen molar-refractivity contribution in [2.75, 3.05) is 5.32 Å². The normalized spacial score (nSPS) is 15.6. The lowest BCUT2D eigenvalue weighted by atomic mass is 10.0. The molecule has 20 heavy (non-hydrogen) atoms. The lowest BCUT2D eigenvalue weighted by Crippen LogP contribution is -2.03. The van der Waals surface area contributed by atoms with Crippen molar-refractivity contribution in [2.24, 2.45) is 0 Å². The van der Waals surface area contributed by atoms with Gasteiger partial charge in [-0.05, 0) is 59.6 Å². The summed E-state index contributed by atoms with van der Waals surface area (Å²) in [7, 11) is 0. The fourth-order valence-corrected chi connectivity index (χ4v) is 4.36. The fourth-order valence-electron chi connectivity index (χ4n) is 2.28. The average molecular weight is 413 g/mol. The van der Waals surface area contributed by atoms with Crippen LogP contribution in [0.4, 0.5) is 5.69 Å². The first-order chi connectivity index (χ1) is 9.47. The van der Waals surface area contributed by atoms with Crippen LogP contribution in [0.3, 0.4) is 0 Å². The summed E-state index contributed by atoms with van der Waals surface area (Å²) in [4.78, 5) is 14.6. The van der Waals surface area contributed by atoms with Crippen LogP contribution >= 0.6 is 43.2 Å². The van der Waals surface area contributed by atoms with Crippen molar-refractivity contribution >= 4 is 66.4 Å². The summed E-state index contributed by atoms with van der Waals surface area (Å²) < 4.78 is 1.89. The molecule has 0 aliphatic carbocycles. The molecule has 0 saturated heterocycles. The number of rotatable bonds is 1. The van der Waals surface area contributed by atoms with Crippen molar-refractivity contribution in [3.63, 3.8) is 0 Å². The summed E-state index contributed by atoms with van der Waals surface area (Å²) in [5.74, 6) is -0.0482. The second-order valence-corrected chi connectivity index (χ2v) is 7.70. The van der Waals surface area contributed by atoms with E-state index in [2.05, 4.69) is 50.2 Å². The maximum absolute atomic E-state index is 12.2. The molecular formula is C15H11Br2NOS. The second kappa shape index (κ2) is 5.13. The molecule has 0 saturated carbocycles. The summed E-state index contributed by atoms with van der Waals surface area (Å²) in [6, 6.07) is 6.07. The molecular weight excluding hydrogens is 402 g/mol. The van der Waals surface area contributed by atoms with Crippen LogP contribution in [0.5, 0.6) is 0 Å². The van der Waals surface area contributed by atoms with E-state index in [1.165, 1.54) is 4.88 Å². The third-order valence-corrected chi connectivity index (χ3v) is 5.67. The number of anilines is 1. The monoisotopic (exact) mass is 411 g/mol. The third kappa shape index (κ3) is 2.28. The van der Waals surface area contributed by atoms with E-state index < -0.39 is 0 Å². The smallest absolute Gasteiger partial charge is 0.256 e. The van der Waals surface area contributed by atoms with Crippen molar-refractivity contribution in [1.29, 1.82) is 0 Å². The molecule has 0 fully saturated rings. The second-order valence-electron chi connectivity index (χ2n) is 4.68. The highest BCUT2D eigenvalue weighted by Crippen LogP contribution is 2.43. The Labute approximate surface area is 138 Å². The van der Waals surface area contributed by atoms with E-state index in [1.807, 2.05) is 25.1 Å². The molecule has 0 atom stereocenters. The SMILES string of the molecule is Cc1ccc(C=C2C(=O)Nc3c(Br)cc(Br)c(C)c32)s1. The molecule has 2 nitrogen and oxygen atoms in total. The number of nitrogens with one attached hydrogen (secondary N) is 1. The molecule has 2 heterocycles. The van der Waals surface area contributed by atoms with Crippen LogP contribution in [0.1, 0.15) is 20.9 Å². The maximum Gasteiger partial charge on any atom is 0.256 e. The molecule has 1 amide bonds. The summed E-state index contributed by atoms with van der Waals surface area (Å²) in [5.41, 5.74) is 3.62. The molecule has 1 aromatic heterocycles. The van der Waals surface area contributed by atoms with Gasteiger partial charge in [0.05, 0.1) is 11.3 Å². The minimum atomic E-state index is -0.0482. The van der Waals surface area contributed by atoms with Crippen LogP contribution in [-0.4, -0.2) is 5.91 Å². The molecule has 1 aliphatic heterocycles. The zero-order chi connectivity index (χ0) is 14.4. The van der Waals surface area contributed by atoms with Crippen LogP contribution in [0.2, 0.25) is 0 Å². The number of aryl methyl sites for hydroxylation is 1. The Kier molecular flexibility index (Phi) is 3.60. The zero-order valence-corrected chi connectivity index (χ0v) is 14.9. The first kappa shape index (κ1) is 14.0. The van der Waals surface area contributed by atoms with Gasteiger partial charge in [0.1, 0.15) is 0 Å². The van der Waals surface area contributed by atoms with Crippen LogP contribution in [-0.2, 0) is 4.79 Å². The van der Waals surface area contributed by atoms with E-state index in [0.717, 1.165) is 36.2 Å². The number of thiophene rings is 1. The number of halogens is 2. The molecule has 2 aromatic rings. The van der Waals surface area contributed by atoms with Crippen LogP contribution in [0.15, 0.2) is 27.1 Å². The van der Waals surface area contributed by atoms with Gasteiger partial charge in [0.15, 0.2) is 0 Å². The molecule has 0 unspecified atom stereocenters. The van der Waals surface area contributed by atoms with Crippen molar-refractivity contribution in [3.05, 3.63) is 48.0 Å². The molecule has 102 valence electrons. The molecule has 0 bridgehead atoms. The Balaban J connectivity index is 2.22. The lowest BCUT2D eigenvalue weighted by Gasteiger charge is -2.08. The van der Waals surface area contributed by atoms with Crippen LogP contribution < -0.4 is 5.32 Å². The Morgan fingerprint density at radius 3 is 2.60 bits per heavy atom. The quantitative estimate of drug-likeness (QED) is 0.625. The van der Waals surface area contributed by atoms with Gasteiger partial charge >= 0.3 is 0 Å². The van der Waals surface area contributed by atoms with Crippen molar-refractivity contribution < 1.29 is 4.79 Å². The number of hydrogen-bond donors (Lipinski definition) is 1. The Morgan fingerprint density at radius 2 is 1.95 bits per heavy atom. The predicted octanol–water partition coefficient (Wildman–Crippen LogP) is 5.38. The highest BCUT2D eigenvalue weighted by atomic mass is 79.9. The Morgan fingerprint density at radius 1 is 1.20 bits per heavy atom. The number of amides is 1. The fraction of sp³-hybridized carbons (Fsp3) is 0.133. The lowest BCUT2D eigenvalue weighted by molar-refractivity contribution is -0.110. The van der Waals surface area contributed by atoms with E-state index in [0.29, 0.717) is 0 Å². The van der Waals surface area contributed by atoms with Crippen molar-refractivity contribution in [1.82, 2.24) is 0 Å². The summed E-state index contributed by atoms with van der Waals surface area (Å²) >= 11 is 8.74. The molecule has 5 heteroatoms. The standard InChI is InChI=1S/C15H11Br2NOS/c1-7-3-4-9(20-7)5-10-13-8(2)11(16)6-12(17)14(13)18-15(10)19/h3-6H,1-2H3,(H,18,19). The summed E-state index contributed by atoms with van der Waals surface area (Å²) in [5, 5.41) is 2.94. The molecule has 1 N–H and O–H groups in total. The van der Waals surface area contributed by atoms with Gasteiger partial charge in [-0.3, -0.25) is 4.79 Å². The van der Waals surface area contributed by atoms with E-state index in [1.54, 1.807) is 11.3 Å². The molecule has 1 aromatic carbocycles. The average Bonchev–Trinajstić information content (AvgIpc) is 2.93. The molecule has 1 aliphatic rings. The van der Waals surface area contributed by atoms with Gasteiger partial charge in [-0.25, -0.2) is 0 Å². The number of benzene rings is 1. The first-order valence-electron chi connectivity index (χ1n) is 6.06. The van der Waals surface area contributed by atoms with E-state index in [-0.39, 0.29) is 5.91 Å². The Hall–Kier alpha value is -0.910. The van der Waals surface area contributed by atoms with Gasteiger partial charge in [-0.1, -0.05) is 15.9 Å². The number of carbonyl (C=O) groups excluding carboxylic acids is 1. The minimum Gasteiger partial charge on any atom is -0.320 e. The molecule has 0 radical (unpaired) electrons. The van der Waals surface area contributed by atoms with E-state index in [4.69, 9.17) is 0 Å². The number of fused-ring (bicyclic) bond motifs is 1. The highest BCUT2D eigenvalue weighted by molar-refractivity contribution is 9.11. The number of hydrogen-bond acceptors (Lipinski definition) is 2. The van der Waals surface area contributed by atoms with E-state index in [9.17, 15) is 4.79 Å². The van der Waals surface area contributed by atoms with Gasteiger partial charge in [0, 0.05) is 24.3 Å². The van der Waals surface area contributed by atoms with Crippen molar-refractivity contribution in [3.8, 4) is 0 Å².